The van der Waals surface area contributed by atoms with Gasteiger partial charge in [0, 0.05) is 12.2 Å². The lowest BCUT2D eigenvalue weighted by Crippen LogP contribution is -2.18. The lowest BCUT2D eigenvalue weighted by molar-refractivity contribution is -0.137. The number of hydrogen-bond acceptors (Lipinski definition) is 5. The molecule has 0 aliphatic rings. The number of thioether (sulfide) groups is 1. The van der Waals surface area contributed by atoms with Gasteiger partial charge in [-0.2, -0.15) is 13.2 Å². The molecule has 0 aliphatic heterocycles. The average molecular weight is 499 g/mol. The molecule has 0 aliphatic carbocycles. The monoisotopic (exact) mass is 499 g/mol. The van der Waals surface area contributed by atoms with Crippen LogP contribution in [0, 0.1) is 11.6 Å². The van der Waals surface area contributed by atoms with Gasteiger partial charge in [-0.15, -0.1) is 10.2 Å². The Hall–Kier alpha value is -3.48. The Morgan fingerprint density at radius 1 is 1.00 bits per heavy atom. The van der Waals surface area contributed by atoms with Gasteiger partial charge in [0.1, 0.15) is 23.1 Å². The highest BCUT2D eigenvalue weighted by molar-refractivity contribution is 7.99. The summed E-state index contributed by atoms with van der Waals surface area (Å²) in [7, 11) is 0. The Labute approximate surface area is 194 Å². The number of benzene rings is 2. The third-order valence-electron chi connectivity index (χ3n) is 4.46. The highest BCUT2D eigenvalue weighted by Crippen LogP contribution is 2.30. The van der Waals surface area contributed by atoms with Crippen LogP contribution in [0.5, 0.6) is 0 Å². The van der Waals surface area contributed by atoms with E-state index in [9.17, 15) is 31.5 Å². The fourth-order valence-corrected chi connectivity index (χ4v) is 3.74. The highest BCUT2D eigenvalue weighted by Gasteiger charge is 2.30. The van der Waals surface area contributed by atoms with E-state index < -0.39 is 40.9 Å². The van der Waals surface area contributed by atoms with E-state index in [1.165, 1.54) is 18.2 Å². The second-order valence-corrected chi connectivity index (χ2v) is 7.82. The number of carbonyl (C=O) groups excluding carboxylic acids is 2. The number of nitrogens with zero attached hydrogens (tertiary/aromatic N) is 3. The van der Waals surface area contributed by atoms with Crippen LogP contribution in [0.4, 0.5) is 33.3 Å². The third kappa shape index (κ3) is 6.31. The van der Waals surface area contributed by atoms with Crippen molar-refractivity contribution in [2.75, 3.05) is 16.4 Å². The molecule has 13 heteroatoms. The van der Waals surface area contributed by atoms with Gasteiger partial charge in [-0.05, 0) is 37.3 Å². The number of anilines is 2. The standard InChI is InChI=1S/C21H18F5N5O2S/c1-2-31-16(10-17(32)27-13-6-3-5-12(9-13)21(24,25)26)29-30-20(31)34-11-18(33)28-19-14(22)7-4-8-15(19)23/h3-9H,2,10-11H2,1H3,(H,27,32)(H,28,33). The van der Waals surface area contributed by atoms with Gasteiger partial charge < -0.3 is 15.2 Å². The maximum atomic E-state index is 13.7. The summed E-state index contributed by atoms with van der Waals surface area (Å²) < 4.78 is 67.4. The van der Waals surface area contributed by atoms with E-state index in [1.54, 1.807) is 11.5 Å². The SMILES string of the molecule is CCn1c(CC(=O)Nc2cccc(C(F)(F)F)c2)nnc1SCC(=O)Nc1c(F)cccc1F. The van der Waals surface area contributed by atoms with Gasteiger partial charge in [0.2, 0.25) is 11.8 Å². The minimum absolute atomic E-state index is 0.0194. The molecule has 0 unspecified atom stereocenters. The van der Waals surface area contributed by atoms with Crippen molar-refractivity contribution in [3.63, 3.8) is 0 Å². The number of hydrogen-bond donors (Lipinski definition) is 2. The first kappa shape index (κ1) is 25.1. The van der Waals surface area contributed by atoms with Crippen molar-refractivity contribution in [2.45, 2.75) is 31.2 Å². The number of para-hydroxylation sites is 1. The highest BCUT2D eigenvalue weighted by atomic mass is 32.2. The first-order valence-electron chi connectivity index (χ1n) is 9.84. The number of aromatic nitrogens is 3. The van der Waals surface area contributed by atoms with E-state index in [0.717, 1.165) is 36.0 Å². The van der Waals surface area contributed by atoms with Crippen molar-refractivity contribution in [3.05, 3.63) is 65.5 Å². The molecule has 2 amide bonds. The van der Waals surface area contributed by atoms with Crippen LogP contribution in [-0.4, -0.2) is 32.3 Å². The molecule has 0 bridgehead atoms. The minimum atomic E-state index is -4.54. The van der Waals surface area contributed by atoms with Crippen LogP contribution in [0.25, 0.3) is 0 Å². The van der Waals surface area contributed by atoms with E-state index >= 15 is 0 Å². The zero-order valence-corrected chi connectivity index (χ0v) is 18.4. The molecule has 0 saturated carbocycles. The Bertz CT molecular complexity index is 1180. The summed E-state index contributed by atoms with van der Waals surface area (Å²) in [6.45, 7) is 2.08. The first-order valence-corrected chi connectivity index (χ1v) is 10.8. The topological polar surface area (TPSA) is 88.9 Å². The van der Waals surface area contributed by atoms with Crippen LogP contribution in [0.15, 0.2) is 47.6 Å². The molecule has 2 N–H and O–H groups in total. The Morgan fingerprint density at radius 2 is 1.68 bits per heavy atom. The van der Waals surface area contributed by atoms with Crippen LogP contribution >= 0.6 is 11.8 Å². The summed E-state index contributed by atoms with van der Waals surface area (Å²) in [5.74, 6) is -3.11. The summed E-state index contributed by atoms with van der Waals surface area (Å²) in [6.07, 6.45) is -4.82. The van der Waals surface area contributed by atoms with E-state index in [-0.39, 0.29) is 28.8 Å². The molecule has 0 radical (unpaired) electrons. The van der Waals surface area contributed by atoms with Crippen LogP contribution in [0.2, 0.25) is 0 Å². The summed E-state index contributed by atoms with van der Waals surface area (Å²) in [5, 5.41) is 12.7. The van der Waals surface area contributed by atoms with E-state index in [4.69, 9.17) is 0 Å². The maximum Gasteiger partial charge on any atom is 0.416 e. The van der Waals surface area contributed by atoms with Crippen LogP contribution in [0.1, 0.15) is 18.3 Å². The van der Waals surface area contributed by atoms with Crippen molar-refractivity contribution >= 4 is 35.0 Å². The normalized spacial score (nSPS) is 11.4. The summed E-state index contributed by atoms with van der Waals surface area (Å²) in [6, 6.07) is 7.41. The van der Waals surface area contributed by atoms with Gasteiger partial charge in [0.05, 0.1) is 17.7 Å². The first-order chi connectivity index (χ1) is 16.1. The van der Waals surface area contributed by atoms with Crippen LogP contribution in [-0.2, 0) is 28.7 Å². The Kier molecular flexibility index (Phi) is 7.87. The summed E-state index contributed by atoms with van der Waals surface area (Å²) in [4.78, 5) is 24.4. The van der Waals surface area contributed by atoms with Crippen molar-refractivity contribution in [3.8, 4) is 0 Å². The molecule has 7 nitrogen and oxygen atoms in total. The predicted octanol–water partition coefficient (Wildman–Crippen LogP) is 4.51. The quantitative estimate of drug-likeness (QED) is 0.352. The smallest absolute Gasteiger partial charge is 0.326 e. The largest absolute Gasteiger partial charge is 0.416 e. The van der Waals surface area contributed by atoms with Crippen molar-refractivity contribution in [2.24, 2.45) is 0 Å². The van der Waals surface area contributed by atoms with Crippen molar-refractivity contribution in [1.29, 1.82) is 0 Å². The van der Waals surface area contributed by atoms with E-state index in [1.807, 2.05) is 0 Å². The van der Waals surface area contributed by atoms with Gasteiger partial charge in [-0.25, -0.2) is 8.78 Å². The molecule has 0 saturated heterocycles. The van der Waals surface area contributed by atoms with Crippen molar-refractivity contribution in [1.82, 2.24) is 14.8 Å². The lowest BCUT2D eigenvalue weighted by Gasteiger charge is -2.10. The summed E-state index contributed by atoms with van der Waals surface area (Å²) >= 11 is 0.943. The molecule has 1 heterocycles. The number of nitrogens with one attached hydrogen (secondary N) is 2. The van der Waals surface area contributed by atoms with Gasteiger partial charge >= 0.3 is 6.18 Å². The molecule has 180 valence electrons. The molecule has 2 aromatic carbocycles. The number of rotatable bonds is 8. The fourth-order valence-electron chi connectivity index (χ4n) is 2.92. The predicted molar refractivity (Wildman–Crippen MR) is 115 cm³/mol. The molecule has 0 atom stereocenters. The van der Waals surface area contributed by atoms with Gasteiger partial charge in [-0.3, -0.25) is 9.59 Å². The fraction of sp³-hybridized carbons (Fsp3) is 0.238. The van der Waals surface area contributed by atoms with Gasteiger partial charge in [0.25, 0.3) is 0 Å². The zero-order chi connectivity index (χ0) is 24.9. The number of carbonyl (C=O) groups is 2. The number of amides is 2. The molecular formula is C21H18F5N5O2S. The molecule has 3 rings (SSSR count). The van der Waals surface area contributed by atoms with Crippen LogP contribution < -0.4 is 10.6 Å². The van der Waals surface area contributed by atoms with Crippen LogP contribution in [0.3, 0.4) is 0 Å². The second-order valence-electron chi connectivity index (χ2n) is 6.88. The van der Waals surface area contributed by atoms with E-state index in [0.29, 0.717) is 6.54 Å². The third-order valence-corrected chi connectivity index (χ3v) is 5.43. The van der Waals surface area contributed by atoms with Crippen molar-refractivity contribution < 1.29 is 31.5 Å². The molecule has 3 aromatic rings. The summed E-state index contributed by atoms with van der Waals surface area (Å²) in [5.41, 5.74) is -1.47. The average Bonchev–Trinajstić information content (AvgIpc) is 3.15. The zero-order valence-electron chi connectivity index (χ0n) is 17.6. The molecule has 0 spiro atoms. The molecule has 34 heavy (non-hydrogen) atoms. The molecule has 0 fully saturated rings. The van der Waals surface area contributed by atoms with E-state index in [2.05, 4.69) is 20.8 Å². The Morgan fingerprint density at radius 3 is 2.32 bits per heavy atom. The minimum Gasteiger partial charge on any atom is -0.326 e. The number of halogens is 5. The van der Waals surface area contributed by atoms with Gasteiger partial charge in [-0.1, -0.05) is 23.9 Å². The maximum absolute atomic E-state index is 13.7. The number of alkyl halides is 3. The van der Waals surface area contributed by atoms with Gasteiger partial charge in [0.15, 0.2) is 5.16 Å². The second kappa shape index (κ2) is 10.6. The Balaban J connectivity index is 1.62. The molecular weight excluding hydrogens is 481 g/mol. The molecule has 1 aromatic heterocycles. The lowest BCUT2D eigenvalue weighted by atomic mass is 10.2.